The normalized spacial score (nSPS) is 13.8. The largest absolute Gasteiger partial charge is 0.497 e. The van der Waals surface area contributed by atoms with Crippen LogP contribution in [-0.2, 0) is 19.4 Å². The fraction of sp³-hybridized carbons (Fsp3) is 0.375. The first kappa shape index (κ1) is 14.1. The third-order valence-corrected chi connectivity index (χ3v) is 5.04. The summed E-state index contributed by atoms with van der Waals surface area (Å²) in [4.78, 5) is 13.8. The zero-order valence-corrected chi connectivity index (χ0v) is 12.9. The topological polar surface area (TPSA) is 56.2 Å². The summed E-state index contributed by atoms with van der Waals surface area (Å²) in [6.07, 6.45) is 4.52. The minimum Gasteiger partial charge on any atom is -0.497 e. The van der Waals surface area contributed by atoms with Crippen LogP contribution < -0.4 is 15.0 Å². The van der Waals surface area contributed by atoms with Gasteiger partial charge in [-0.15, -0.1) is 0 Å². The first-order valence-corrected chi connectivity index (χ1v) is 7.98. The van der Waals surface area contributed by atoms with Gasteiger partial charge in [-0.3, -0.25) is 10.5 Å². The molecule has 0 bridgehead atoms. The number of aromatic nitrogens is 1. The average Bonchev–Trinajstić information content (AvgIpc) is 2.83. The second kappa shape index (κ2) is 5.85. The predicted molar refractivity (Wildman–Crippen MR) is 82.9 cm³/mol. The summed E-state index contributed by atoms with van der Waals surface area (Å²) >= 11 is 1.63. The minimum absolute atomic E-state index is 0.0838. The Labute approximate surface area is 128 Å². The van der Waals surface area contributed by atoms with Crippen LogP contribution in [0.4, 0.5) is 5.13 Å². The number of carbonyl (C=O) groups excluding carboxylic acids is 1. The second-order valence-corrected chi connectivity index (χ2v) is 6.37. The lowest BCUT2D eigenvalue weighted by Crippen LogP contribution is -2.43. The standard InChI is InChI=1S/C16H18N2O2S/c1-20-12-8-6-11(7-9-12)14(19)10-18-13-4-2-3-5-15(13)21-16(18)17/h6-9,17H,2-5,10H2,1H3/p+1. The van der Waals surface area contributed by atoms with Crippen molar-refractivity contribution in [2.45, 2.75) is 32.2 Å². The number of thiazole rings is 1. The molecule has 21 heavy (non-hydrogen) atoms. The summed E-state index contributed by atoms with van der Waals surface area (Å²) in [5, 5.41) is 0.740. The predicted octanol–water partition coefficient (Wildman–Crippen LogP) is 2.39. The highest BCUT2D eigenvalue weighted by Gasteiger charge is 2.25. The molecule has 0 spiro atoms. The van der Waals surface area contributed by atoms with Gasteiger partial charge in [0.1, 0.15) is 11.4 Å². The zero-order chi connectivity index (χ0) is 14.8. The zero-order valence-electron chi connectivity index (χ0n) is 12.1. The summed E-state index contributed by atoms with van der Waals surface area (Å²) in [5.41, 5.74) is 8.05. The fourth-order valence-electron chi connectivity index (χ4n) is 2.76. The Kier molecular flexibility index (Phi) is 3.92. The first-order chi connectivity index (χ1) is 10.2. The molecular weight excluding hydrogens is 284 g/mol. The lowest BCUT2D eigenvalue weighted by molar-refractivity contribution is -0.672. The molecule has 3 rings (SSSR count). The van der Waals surface area contributed by atoms with E-state index >= 15 is 0 Å². The molecule has 1 aliphatic carbocycles. The number of benzene rings is 1. The number of ketones is 1. The van der Waals surface area contributed by atoms with E-state index in [4.69, 9.17) is 10.5 Å². The Balaban J connectivity index is 1.82. The molecule has 5 heteroatoms. The highest BCUT2D eigenvalue weighted by Crippen LogP contribution is 2.26. The van der Waals surface area contributed by atoms with E-state index in [1.54, 1.807) is 30.6 Å². The molecule has 4 nitrogen and oxygen atoms in total. The number of carbonyl (C=O) groups is 1. The van der Waals surface area contributed by atoms with E-state index in [0.29, 0.717) is 12.1 Å². The number of hydrogen-bond donors (Lipinski definition) is 1. The number of aryl methyl sites for hydroxylation is 1. The Morgan fingerprint density at radius 1 is 1.29 bits per heavy atom. The van der Waals surface area contributed by atoms with Crippen LogP contribution in [0.2, 0.25) is 0 Å². The molecule has 0 fully saturated rings. The third-order valence-electron chi connectivity index (χ3n) is 3.92. The van der Waals surface area contributed by atoms with Crippen molar-refractivity contribution in [2.24, 2.45) is 0 Å². The van der Waals surface area contributed by atoms with Gasteiger partial charge in [-0.05, 0) is 43.5 Å². The summed E-state index contributed by atoms with van der Waals surface area (Å²) in [6.45, 7) is 0.323. The number of anilines is 1. The highest BCUT2D eigenvalue weighted by molar-refractivity contribution is 7.15. The van der Waals surface area contributed by atoms with Crippen molar-refractivity contribution in [2.75, 3.05) is 12.8 Å². The van der Waals surface area contributed by atoms with Crippen LogP contribution >= 0.6 is 11.3 Å². The number of fused-ring (bicyclic) bond motifs is 1. The molecule has 2 aromatic rings. The van der Waals surface area contributed by atoms with E-state index in [1.165, 1.54) is 23.4 Å². The molecule has 0 atom stereocenters. The summed E-state index contributed by atoms with van der Waals surface area (Å²) in [6, 6.07) is 7.22. The number of nitrogen functional groups attached to an aromatic ring is 1. The number of rotatable bonds is 4. The summed E-state index contributed by atoms with van der Waals surface area (Å²) < 4.78 is 7.11. The molecule has 1 aromatic carbocycles. The van der Waals surface area contributed by atoms with Gasteiger partial charge in [-0.25, -0.2) is 4.57 Å². The van der Waals surface area contributed by atoms with Crippen LogP contribution in [0.5, 0.6) is 5.75 Å². The van der Waals surface area contributed by atoms with Crippen molar-refractivity contribution in [3.63, 3.8) is 0 Å². The number of hydrogen-bond acceptors (Lipinski definition) is 4. The van der Waals surface area contributed by atoms with Crippen LogP contribution in [0.25, 0.3) is 0 Å². The van der Waals surface area contributed by atoms with Crippen LogP contribution in [-0.4, -0.2) is 12.9 Å². The average molecular weight is 303 g/mol. The summed E-state index contributed by atoms with van der Waals surface area (Å²) in [7, 11) is 1.62. The molecule has 110 valence electrons. The number of nitrogens with two attached hydrogens (primary N) is 1. The van der Waals surface area contributed by atoms with E-state index in [2.05, 4.69) is 0 Å². The Morgan fingerprint density at radius 2 is 2.00 bits per heavy atom. The number of Topliss-reactive ketones (excluding diaryl/α,β-unsaturated/α-hetero) is 1. The first-order valence-electron chi connectivity index (χ1n) is 7.16. The number of methoxy groups -OCH3 is 1. The number of nitrogens with zero attached hydrogens (tertiary/aromatic N) is 1. The van der Waals surface area contributed by atoms with Gasteiger partial charge in [0.25, 0.3) is 0 Å². The molecule has 0 radical (unpaired) electrons. The molecule has 0 amide bonds. The van der Waals surface area contributed by atoms with Gasteiger partial charge >= 0.3 is 5.13 Å². The highest BCUT2D eigenvalue weighted by atomic mass is 32.1. The Morgan fingerprint density at radius 3 is 2.71 bits per heavy atom. The van der Waals surface area contributed by atoms with E-state index in [1.807, 2.05) is 16.7 Å². The molecule has 1 aliphatic rings. The van der Waals surface area contributed by atoms with Crippen molar-refractivity contribution in [3.8, 4) is 5.75 Å². The molecule has 1 heterocycles. The van der Waals surface area contributed by atoms with Crippen LogP contribution in [0.1, 0.15) is 33.8 Å². The van der Waals surface area contributed by atoms with Crippen LogP contribution in [0.3, 0.4) is 0 Å². The quantitative estimate of drug-likeness (QED) is 0.697. The molecule has 1 aromatic heterocycles. The van der Waals surface area contributed by atoms with Gasteiger partial charge in [0, 0.05) is 12.0 Å². The SMILES string of the molecule is COc1ccc(C(=O)C[n+]2c(N)sc3c2CCCC3)cc1. The van der Waals surface area contributed by atoms with E-state index in [-0.39, 0.29) is 5.78 Å². The maximum atomic E-state index is 12.4. The second-order valence-electron chi connectivity index (χ2n) is 5.26. The molecule has 0 unspecified atom stereocenters. The van der Waals surface area contributed by atoms with Crippen LogP contribution in [0, 0.1) is 0 Å². The van der Waals surface area contributed by atoms with Gasteiger partial charge in [0.15, 0.2) is 6.54 Å². The van der Waals surface area contributed by atoms with Crippen molar-refractivity contribution in [1.82, 2.24) is 0 Å². The van der Waals surface area contributed by atoms with Crippen molar-refractivity contribution in [1.29, 1.82) is 0 Å². The third kappa shape index (κ3) is 2.78. The Bertz CT molecular complexity index is 662. The molecular formula is C16H19N2O2S+. The van der Waals surface area contributed by atoms with E-state index < -0.39 is 0 Å². The molecule has 2 N–H and O–H groups in total. The number of ether oxygens (including phenoxy) is 1. The van der Waals surface area contributed by atoms with E-state index in [0.717, 1.165) is 23.7 Å². The van der Waals surface area contributed by atoms with Gasteiger partial charge in [-0.2, -0.15) is 0 Å². The van der Waals surface area contributed by atoms with Crippen molar-refractivity contribution >= 4 is 22.3 Å². The molecule has 0 saturated carbocycles. The monoisotopic (exact) mass is 303 g/mol. The maximum Gasteiger partial charge on any atom is 0.332 e. The van der Waals surface area contributed by atoms with Gasteiger partial charge < -0.3 is 4.74 Å². The van der Waals surface area contributed by atoms with Gasteiger partial charge in [0.05, 0.1) is 12.0 Å². The Hall–Kier alpha value is -1.88. The fourth-order valence-corrected chi connectivity index (χ4v) is 3.87. The molecule has 0 aliphatic heterocycles. The smallest absolute Gasteiger partial charge is 0.332 e. The lowest BCUT2D eigenvalue weighted by atomic mass is 10.0. The lowest BCUT2D eigenvalue weighted by Gasteiger charge is -2.10. The van der Waals surface area contributed by atoms with Gasteiger partial charge in [0.2, 0.25) is 5.78 Å². The molecule has 0 saturated heterocycles. The maximum absolute atomic E-state index is 12.4. The van der Waals surface area contributed by atoms with Crippen molar-refractivity contribution < 1.29 is 14.1 Å². The van der Waals surface area contributed by atoms with Crippen LogP contribution in [0.15, 0.2) is 24.3 Å². The van der Waals surface area contributed by atoms with Gasteiger partial charge in [-0.1, -0.05) is 11.3 Å². The van der Waals surface area contributed by atoms with Crippen molar-refractivity contribution in [3.05, 3.63) is 40.4 Å². The minimum atomic E-state index is 0.0838. The summed E-state index contributed by atoms with van der Waals surface area (Å²) in [5.74, 6) is 0.840. The van der Waals surface area contributed by atoms with E-state index in [9.17, 15) is 4.79 Å².